The molecule has 2 radical (unpaired) electrons. The molecule has 0 aliphatic rings. The van der Waals surface area contributed by atoms with Gasteiger partial charge in [-0.3, -0.25) is 4.79 Å². The Morgan fingerprint density at radius 1 is 0.654 bits per heavy atom. The van der Waals surface area contributed by atoms with Gasteiger partial charge in [0.15, 0.2) is 0 Å². The number of benzene rings is 3. The molecule has 2 nitrogen and oxygen atoms in total. The van der Waals surface area contributed by atoms with Gasteiger partial charge < -0.3 is 4.74 Å². The van der Waals surface area contributed by atoms with Crippen molar-refractivity contribution in [3.05, 3.63) is 108 Å². The molecule has 0 unspecified atom stereocenters. The summed E-state index contributed by atoms with van der Waals surface area (Å²) in [6.45, 7) is 0.319. The van der Waals surface area contributed by atoms with Gasteiger partial charge in [0.2, 0.25) is 0 Å². The molecule has 3 aromatic rings. The van der Waals surface area contributed by atoms with Gasteiger partial charge in [-0.25, -0.2) is 0 Å². The Hall–Kier alpha value is -2.07. The predicted octanol–water partition coefficient (Wildman–Crippen LogP) is 3.92. The van der Waals surface area contributed by atoms with Crippen LogP contribution in [-0.2, 0) is 29.0 Å². The van der Waals surface area contributed by atoms with Crippen LogP contribution in [0, 0.1) is 5.92 Å². The number of esters is 1. The van der Waals surface area contributed by atoms with Crippen LogP contribution >= 0.6 is 0 Å². The van der Waals surface area contributed by atoms with E-state index in [4.69, 9.17) is 4.74 Å². The number of hydrogen-bond acceptors (Lipinski definition) is 2. The van der Waals surface area contributed by atoms with E-state index in [1.54, 1.807) is 0 Å². The molecule has 0 saturated heterocycles. The van der Waals surface area contributed by atoms with E-state index in [9.17, 15) is 4.79 Å². The third-order valence-electron chi connectivity index (χ3n) is 4.21. The molecule has 0 atom stereocenters. The minimum atomic E-state index is -0.187. The van der Waals surface area contributed by atoms with Gasteiger partial charge in [0, 0.05) is 0 Å². The second kappa shape index (κ2) is 10.8. The summed E-state index contributed by atoms with van der Waals surface area (Å²) in [7, 11) is 0. The van der Waals surface area contributed by atoms with Crippen molar-refractivity contribution >= 4 is 29.9 Å². The van der Waals surface area contributed by atoms with Crippen molar-refractivity contribution < 1.29 is 9.53 Å². The van der Waals surface area contributed by atoms with Gasteiger partial charge in [-0.2, -0.15) is 0 Å². The van der Waals surface area contributed by atoms with E-state index in [1.807, 2.05) is 66.7 Å². The molecular formula is C23H24O2Sn. The maximum atomic E-state index is 12.7. The number of carbonyl (C=O) groups excluding carboxylic acids is 1. The summed E-state index contributed by atoms with van der Waals surface area (Å²) in [5.74, 6) is -0.329. The fraction of sp³-hybridized carbons (Fsp3) is 0.174. The molecule has 0 aliphatic carbocycles. The van der Waals surface area contributed by atoms with Gasteiger partial charge in [-0.05, 0) is 29.5 Å². The Labute approximate surface area is 172 Å². The van der Waals surface area contributed by atoms with Crippen LogP contribution in [0.2, 0.25) is 0 Å². The normalized spacial score (nSPS) is 10.2. The van der Waals surface area contributed by atoms with Crippen molar-refractivity contribution in [2.24, 2.45) is 5.92 Å². The van der Waals surface area contributed by atoms with Crippen LogP contribution in [-0.4, -0.2) is 29.9 Å². The fourth-order valence-corrected chi connectivity index (χ4v) is 2.88. The van der Waals surface area contributed by atoms with E-state index in [1.165, 1.54) is 0 Å². The van der Waals surface area contributed by atoms with Crippen molar-refractivity contribution in [1.82, 2.24) is 0 Å². The molecule has 0 amide bonds. The van der Waals surface area contributed by atoms with Gasteiger partial charge in [0.1, 0.15) is 6.61 Å². The molecule has 0 aromatic heterocycles. The van der Waals surface area contributed by atoms with Crippen LogP contribution in [0.3, 0.4) is 0 Å². The topological polar surface area (TPSA) is 26.3 Å². The molecule has 0 N–H and O–H groups in total. The van der Waals surface area contributed by atoms with E-state index in [-0.39, 0.29) is 35.8 Å². The van der Waals surface area contributed by atoms with Gasteiger partial charge in [0.05, 0.1) is 5.92 Å². The molecule has 26 heavy (non-hydrogen) atoms. The molecule has 132 valence electrons. The first-order chi connectivity index (χ1) is 12.3. The van der Waals surface area contributed by atoms with Crippen LogP contribution in [0.4, 0.5) is 0 Å². The molecule has 0 bridgehead atoms. The van der Waals surface area contributed by atoms with Gasteiger partial charge in [-0.1, -0.05) is 91.0 Å². The summed E-state index contributed by atoms with van der Waals surface area (Å²) in [4.78, 5) is 12.7. The first-order valence-corrected chi connectivity index (χ1v) is 8.59. The number of hydrogen-bond donors (Lipinski definition) is 0. The average molecular weight is 451 g/mol. The van der Waals surface area contributed by atoms with Crippen molar-refractivity contribution in [3.63, 3.8) is 0 Å². The van der Waals surface area contributed by atoms with E-state index in [2.05, 4.69) is 24.3 Å². The molecule has 3 aromatic carbocycles. The summed E-state index contributed by atoms with van der Waals surface area (Å²) in [5.41, 5.74) is 3.31. The predicted molar refractivity (Wildman–Crippen MR) is 109 cm³/mol. The first-order valence-electron chi connectivity index (χ1n) is 8.59. The van der Waals surface area contributed by atoms with E-state index < -0.39 is 0 Å². The zero-order chi connectivity index (χ0) is 17.3. The van der Waals surface area contributed by atoms with Gasteiger partial charge >= 0.3 is 29.9 Å². The Balaban J connectivity index is 0.00000243. The van der Waals surface area contributed by atoms with E-state index in [0.717, 1.165) is 16.7 Å². The second-order valence-corrected chi connectivity index (χ2v) is 6.17. The van der Waals surface area contributed by atoms with Crippen LogP contribution in [0.1, 0.15) is 16.7 Å². The second-order valence-electron chi connectivity index (χ2n) is 6.17. The van der Waals surface area contributed by atoms with Crippen LogP contribution < -0.4 is 0 Å². The summed E-state index contributed by atoms with van der Waals surface area (Å²) in [6, 6.07) is 30.0. The standard InChI is InChI=1S/C23H22O2.Sn.2H/c24-23(25-18-21-14-8-3-9-15-21)22(16-19-10-4-1-5-11-19)17-20-12-6-2-7-13-20;;;/h1-15,22H,16-18H2;;;. The molecule has 0 aliphatic heterocycles. The van der Waals surface area contributed by atoms with E-state index >= 15 is 0 Å². The Bertz CT molecular complexity index is 732. The minimum absolute atomic E-state index is 0. The molecule has 0 spiro atoms. The third kappa shape index (κ3) is 6.34. The molecule has 3 heteroatoms. The Morgan fingerprint density at radius 3 is 1.46 bits per heavy atom. The average Bonchev–Trinajstić information content (AvgIpc) is 2.68. The van der Waals surface area contributed by atoms with Crippen molar-refractivity contribution in [1.29, 1.82) is 0 Å². The van der Waals surface area contributed by atoms with Gasteiger partial charge in [-0.15, -0.1) is 0 Å². The zero-order valence-electron chi connectivity index (χ0n) is 14.9. The summed E-state index contributed by atoms with van der Waals surface area (Å²) < 4.78 is 5.60. The molecular weight excluding hydrogens is 427 g/mol. The zero-order valence-corrected chi connectivity index (χ0v) is 18.9. The maximum absolute atomic E-state index is 12.7. The Kier molecular flexibility index (Phi) is 8.42. The van der Waals surface area contributed by atoms with Crippen LogP contribution in [0.15, 0.2) is 91.0 Å². The first kappa shape index (κ1) is 20.2. The SMILES string of the molecule is O=C(OCc1ccccc1)C(Cc1ccccc1)Cc1ccccc1.[SnH2]. The summed E-state index contributed by atoms with van der Waals surface area (Å²) in [5, 5.41) is 0. The monoisotopic (exact) mass is 452 g/mol. The number of rotatable bonds is 7. The number of ether oxygens (including phenoxy) is 1. The van der Waals surface area contributed by atoms with Crippen LogP contribution in [0.25, 0.3) is 0 Å². The van der Waals surface area contributed by atoms with Crippen LogP contribution in [0.5, 0.6) is 0 Å². The van der Waals surface area contributed by atoms with Gasteiger partial charge in [0.25, 0.3) is 0 Å². The molecule has 0 fully saturated rings. The quantitative estimate of drug-likeness (QED) is 0.403. The van der Waals surface area contributed by atoms with Crippen molar-refractivity contribution in [3.8, 4) is 0 Å². The molecule has 0 saturated carbocycles. The fourth-order valence-electron chi connectivity index (χ4n) is 2.88. The Morgan fingerprint density at radius 2 is 1.04 bits per heavy atom. The van der Waals surface area contributed by atoms with E-state index in [0.29, 0.717) is 19.4 Å². The summed E-state index contributed by atoms with van der Waals surface area (Å²) in [6.07, 6.45) is 1.37. The summed E-state index contributed by atoms with van der Waals surface area (Å²) >= 11 is 0. The number of carbonyl (C=O) groups is 1. The molecule has 0 heterocycles. The molecule has 3 rings (SSSR count). The van der Waals surface area contributed by atoms with Crippen molar-refractivity contribution in [2.75, 3.05) is 0 Å². The van der Waals surface area contributed by atoms with Crippen molar-refractivity contribution in [2.45, 2.75) is 19.4 Å². The third-order valence-corrected chi connectivity index (χ3v) is 4.21.